The van der Waals surface area contributed by atoms with Crippen molar-refractivity contribution in [1.82, 2.24) is 10.6 Å². The van der Waals surface area contributed by atoms with Crippen LogP contribution in [-0.4, -0.2) is 34.7 Å². The van der Waals surface area contributed by atoms with Gasteiger partial charge in [-0.2, -0.15) is 11.8 Å². The topological polar surface area (TPSA) is 91.6 Å². The molecular formula is C14H20N2O4S. The highest BCUT2D eigenvalue weighted by molar-refractivity contribution is 7.99. The molecule has 2 amide bonds. The van der Waals surface area contributed by atoms with Crippen LogP contribution in [0.2, 0.25) is 0 Å². The first-order chi connectivity index (χ1) is 10.0. The summed E-state index contributed by atoms with van der Waals surface area (Å²) in [7, 11) is 0. The van der Waals surface area contributed by atoms with E-state index in [9.17, 15) is 9.59 Å². The minimum absolute atomic E-state index is 0.130. The Bertz CT molecular complexity index is 529. The van der Waals surface area contributed by atoms with E-state index in [1.54, 1.807) is 18.7 Å². The monoisotopic (exact) mass is 312 g/mol. The second kappa shape index (κ2) is 6.89. The van der Waals surface area contributed by atoms with Gasteiger partial charge in [-0.05, 0) is 32.1 Å². The zero-order valence-corrected chi connectivity index (χ0v) is 13.0. The second-order valence-corrected chi connectivity index (χ2v) is 6.20. The SMILES string of the molecule is CSC1CCCC1NC(=O)NCc1cc(C(=O)O)c(C)o1. The van der Waals surface area contributed by atoms with Crippen LogP contribution in [0.15, 0.2) is 10.5 Å². The number of carbonyl (C=O) groups is 2. The fourth-order valence-electron chi connectivity index (χ4n) is 2.60. The highest BCUT2D eigenvalue weighted by Crippen LogP contribution is 2.28. The van der Waals surface area contributed by atoms with Crippen molar-refractivity contribution >= 4 is 23.8 Å². The maximum Gasteiger partial charge on any atom is 0.339 e. The van der Waals surface area contributed by atoms with Gasteiger partial charge in [-0.1, -0.05) is 6.42 Å². The van der Waals surface area contributed by atoms with Crippen LogP contribution in [0.4, 0.5) is 4.79 Å². The van der Waals surface area contributed by atoms with E-state index >= 15 is 0 Å². The maximum atomic E-state index is 11.9. The van der Waals surface area contributed by atoms with E-state index in [2.05, 4.69) is 16.9 Å². The Morgan fingerprint density at radius 2 is 2.24 bits per heavy atom. The second-order valence-electron chi connectivity index (χ2n) is 5.13. The number of furan rings is 1. The van der Waals surface area contributed by atoms with Gasteiger partial charge in [0, 0.05) is 11.3 Å². The van der Waals surface area contributed by atoms with Crippen LogP contribution in [0.1, 0.15) is 41.1 Å². The molecule has 1 aromatic heterocycles. The number of aryl methyl sites for hydroxylation is 1. The van der Waals surface area contributed by atoms with Crippen LogP contribution >= 0.6 is 11.8 Å². The molecule has 0 spiro atoms. The Hall–Kier alpha value is -1.63. The van der Waals surface area contributed by atoms with Gasteiger partial charge in [0.25, 0.3) is 0 Å². The molecule has 0 aromatic carbocycles. The third-order valence-electron chi connectivity index (χ3n) is 3.69. The van der Waals surface area contributed by atoms with Crippen molar-refractivity contribution in [3.8, 4) is 0 Å². The average molecular weight is 312 g/mol. The quantitative estimate of drug-likeness (QED) is 0.776. The molecule has 3 N–H and O–H groups in total. The molecule has 1 aromatic rings. The van der Waals surface area contributed by atoms with E-state index in [1.165, 1.54) is 6.07 Å². The van der Waals surface area contributed by atoms with Gasteiger partial charge in [-0.3, -0.25) is 0 Å². The van der Waals surface area contributed by atoms with Gasteiger partial charge in [0.15, 0.2) is 0 Å². The molecule has 1 fully saturated rings. The number of urea groups is 1. The maximum absolute atomic E-state index is 11.9. The summed E-state index contributed by atoms with van der Waals surface area (Å²) < 4.78 is 5.31. The lowest BCUT2D eigenvalue weighted by Crippen LogP contribution is -2.44. The Morgan fingerprint density at radius 1 is 1.48 bits per heavy atom. The van der Waals surface area contributed by atoms with Gasteiger partial charge in [-0.25, -0.2) is 9.59 Å². The summed E-state index contributed by atoms with van der Waals surface area (Å²) in [6.45, 7) is 1.77. The number of amides is 2. The summed E-state index contributed by atoms with van der Waals surface area (Å²) in [6.07, 6.45) is 5.32. The Balaban J connectivity index is 1.84. The fraction of sp³-hybridized carbons (Fsp3) is 0.571. The number of carboxylic acids is 1. The molecule has 2 rings (SSSR count). The largest absolute Gasteiger partial charge is 0.478 e. The summed E-state index contributed by atoms with van der Waals surface area (Å²) in [6, 6.07) is 1.40. The summed E-state index contributed by atoms with van der Waals surface area (Å²) in [4.78, 5) is 22.8. The first-order valence-electron chi connectivity index (χ1n) is 6.91. The van der Waals surface area contributed by atoms with Crippen LogP contribution in [0.5, 0.6) is 0 Å². The van der Waals surface area contributed by atoms with Crippen LogP contribution in [0, 0.1) is 6.92 Å². The number of aromatic carboxylic acids is 1. The van der Waals surface area contributed by atoms with Gasteiger partial charge in [0.2, 0.25) is 0 Å². The van der Waals surface area contributed by atoms with Gasteiger partial charge in [-0.15, -0.1) is 0 Å². The van der Waals surface area contributed by atoms with Crippen LogP contribution < -0.4 is 10.6 Å². The van der Waals surface area contributed by atoms with Crippen molar-refractivity contribution < 1.29 is 19.1 Å². The molecular weight excluding hydrogens is 292 g/mol. The van der Waals surface area contributed by atoms with Crippen LogP contribution in [0.3, 0.4) is 0 Å². The van der Waals surface area contributed by atoms with Crippen molar-refractivity contribution in [2.75, 3.05) is 6.26 Å². The number of hydrogen-bond donors (Lipinski definition) is 3. The van der Waals surface area contributed by atoms with E-state index in [4.69, 9.17) is 9.52 Å². The molecule has 0 aliphatic heterocycles. The highest BCUT2D eigenvalue weighted by atomic mass is 32.2. The van der Waals surface area contributed by atoms with Gasteiger partial charge >= 0.3 is 12.0 Å². The van der Waals surface area contributed by atoms with Gasteiger partial charge in [0.05, 0.1) is 6.54 Å². The van der Waals surface area contributed by atoms with Gasteiger partial charge in [0.1, 0.15) is 17.1 Å². The minimum Gasteiger partial charge on any atom is -0.478 e. The number of carboxylic acid groups (broad SMARTS) is 1. The molecule has 21 heavy (non-hydrogen) atoms. The Morgan fingerprint density at radius 3 is 2.86 bits per heavy atom. The molecule has 2 unspecified atom stereocenters. The van der Waals surface area contributed by atoms with Crippen molar-refractivity contribution in [2.24, 2.45) is 0 Å². The molecule has 0 saturated heterocycles. The first kappa shape index (κ1) is 15.8. The van der Waals surface area contributed by atoms with Crippen molar-refractivity contribution in [3.05, 3.63) is 23.2 Å². The lowest BCUT2D eigenvalue weighted by Gasteiger charge is -2.19. The van der Waals surface area contributed by atoms with E-state index < -0.39 is 5.97 Å². The summed E-state index contributed by atoms with van der Waals surface area (Å²) in [5, 5.41) is 15.1. The minimum atomic E-state index is -1.03. The Kier molecular flexibility index (Phi) is 5.17. The molecule has 7 heteroatoms. The molecule has 116 valence electrons. The fourth-order valence-corrected chi connectivity index (χ4v) is 3.54. The number of nitrogens with one attached hydrogen (secondary N) is 2. The molecule has 1 saturated carbocycles. The van der Waals surface area contributed by atoms with E-state index in [1.807, 2.05) is 0 Å². The Labute approximate surface area is 127 Å². The van der Waals surface area contributed by atoms with Gasteiger partial charge < -0.3 is 20.2 Å². The standard InChI is InChI=1S/C14H20N2O4S/c1-8-10(13(17)18)6-9(20-8)7-15-14(19)16-11-4-3-5-12(11)21-2/h6,11-12H,3-5,7H2,1-2H3,(H,17,18)(H2,15,16,19). The van der Waals surface area contributed by atoms with Crippen molar-refractivity contribution in [1.29, 1.82) is 0 Å². The van der Waals surface area contributed by atoms with E-state index in [0.717, 1.165) is 19.3 Å². The lowest BCUT2D eigenvalue weighted by atomic mass is 10.2. The molecule has 1 aliphatic carbocycles. The number of rotatable bonds is 5. The third kappa shape index (κ3) is 3.93. The molecule has 0 bridgehead atoms. The number of hydrogen-bond acceptors (Lipinski definition) is 4. The molecule has 1 aliphatic rings. The highest BCUT2D eigenvalue weighted by Gasteiger charge is 2.27. The molecule has 2 atom stereocenters. The smallest absolute Gasteiger partial charge is 0.339 e. The zero-order chi connectivity index (χ0) is 15.4. The third-order valence-corrected chi connectivity index (χ3v) is 4.86. The summed E-state index contributed by atoms with van der Waals surface area (Å²) >= 11 is 1.78. The zero-order valence-electron chi connectivity index (χ0n) is 12.1. The van der Waals surface area contributed by atoms with Crippen LogP contribution in [-0.2, 0) is 6.54 Å². The number of carbonyl (C=O) groups excluding carboxylic acids is 1. The lowest BCUT2D eigenvalue weighted by molar-refractivity contribution is 0.0695. The normalized spacial score (nSPS) is 21.2. The molecule has 1 heterocycles. The van der Waals surface area contributed by atoms with Crippen molar-refractivity contribution in [3.63, 3.8) is 0 Å². The predicted octanol–water partition coefficient (Wildman–Crippen LogP) is 2.37. The van der Waals surface area contributed by atoms with E-state index in [-0.39, 0.29) is 24.2 Å². The molecule has 0 radical (unpaired) electrons. The van der Waals surface area contributed by atoms with Crippen LogP contribution in [0.25, 0.3) is 0 Å². The summed E-state index contributed by atoms with van der Waals surface area (Å²) in [5.41, 5.74) is 0.130. The van der Waals surface area contributed by atoms with E-state index in [0.29, 0.717) is 16.8 Å². The molecule has 6 nitrogen and oxygen atoms in total. The summed E-state index contributed by atoms with van der Waals surface area (Å²) in [5.74, 6) is -0.244. The first-order valence-corrected chi connectivity index (χ1v) is 8.19. The predicted molar refractivity (Wildman–Crippen MR) is 80.7 cm³/mol. The van der Waals surface area contributed by atoms with Crippen molar-refractivity contribution in [2.45, 2.75) is 44.0 Å². The number of thioether (sulfide) groups is 1. The average Bonchev–Trinajstić information content (AvgIpc) is 3.02.